The lowest BCUT2D eigenvalue weighted by Gasteiger charge is -2.64. The van der Waals surface area contributed by atoms with Gasteiger partial charge in [0, 0.05) is 17.9 Å². The minimum absolute atomic E-state index is 0.0115. The van der Waals surface area contributed by atoms with Gasteiger partial charge in [-0.25, -0.2) is 0 Å². The standard InChI is InChI=1S/C38H63NO7/c1-21(2)32(42)39-16-17-44-27(19-39)46-26-12-13-37-20-38(37)15-14-35(8)28-22(3)18-23(30(40)34(6,7)43)45-29(28)31(41)36(35,9)25(38)11-10-24(37)33(26,4)5/h21-31,40-41,43H,10-20H2,1-9H3/t22-,23-,24+,25+,26+,27+,28+,29+,30+,31+,35-,36-,37-,38+/m1/s1. The number of carbonyl (C=O) groups excluding carboxylic acids is 1. The van der Waals surface area contributed by atoms with Crippen LogP contribution in [-0.4, -0.2) is 88.2 Å². The van der Waals surface area contributed by atoms with E-state index in [1.165, 1.54) is 12.8 Å². The second-order valence-electron chi connectivity index (χ2n) is 19.0. The normalized spacial score (nSPS) is 51.8. The van der Waals surface area contributed by atoms with Crippen molar-refractivity contribution in [3.05, 3.63) is 0 Å². The minimum atomic E-state index is -1.26. The monoisotopic (exact) mass is 645 g/mol. The molecule has 2 heterocycles. The molecule has 46 heavy (non-hydrogen) atoms. The molecular formula is C38H63NO7. The number of fused-ring (bicyclic) bond motifs is 4. The first-order valence-corrected chi connectivity index (χ1v) is 18.6. The average Bonchev–Trinajstić information content (AvgIpc) is 3.62. The molecule has 5 aliphatic carbocycles. The maximum absolute atomic E-state index is 12.7. The van der Waals surface area contributed by atoms with Crippen molar-refractivity contribution in [2.75, 3.05) is 19.7 Å². The quantitative estimate of drug-likeness (QED) is 0.379. The topological polar surface area (TPSA) is 109 Å². The van der Waals surface area contributed by atoms with Gasteiger partial charge in [-0.15, -0.1) is 0 Å². The molecule has 7 rings (SSSR count). The zero-order valence-corrected chi connectivity index (χ0v) is 30.1. The summed E-state index contributed by atoms with van der Waals surface area (Å²) in [4.78, 5) is 14.7. The third-order valence-electron chi connectivity index (χ3n) is 16.0. The van der Waals surface area contributed by atoms with Crippen molar-refractivity contribution in [1.29, 1.82) is 0 Å². The highest BCUT2D eigenvalue weighted by Crippen LogP contribution is 2.89. The van der Waals surface area contributed by atoms with Gasteiger partial charge in [-0.2, -0.15) is 0 Å². The molecule has 2 aliphatic heterocycles. The lowest BCUT2D eigenvalue weighted by atomic mass is 9.41. The van der Waals surface area contributed by atoms with Crippen LogP contribution >= 0.6 is 0 Å². The Balaban J connectivity index is 1.11. The molecule has 2 spiro atoms. The van der Waals surface area contributed by atoms with E-state index in [9.17, 15) is 20.1 Å². The molecule has 7 fully saturated rings. The number of aliphatic hydroxyl groups excluding tert-OH is 2. The van der Waals surface area contributed by atoms with Crippen molar-refractivity contribution >= 4 is 5.91 Å². The fourth-order valence-electron chi connectivity index (χ4n) is 13.7. The van der Waals surface area contributed by atoms with Gasteiger partial charge < -0.3 is 34.4 Å². The van der Waals surface area contributed by atoms with Crippen LogP contribution in [0.3, 0.4) is 0 Å². The van der Waals surface area contributed by atoms with Crippen LogP contribution in [0.1, 0.15) is 114 Å². The summed E-state index contributed by atoms with van der Waals surface area (Å²) >= 11 is 0. The highest BCUT2D eigenvalue weighted by Gasteiger charge is 2.84. The van der Waals surface area contributed by atoms with E-state index in [0.717, 1.165) is 32.1 Å². The molecule has 7 aliphatic rings. The summed E-state index contributed by atoms with van der Waals surface area (Å²) in [7, 11) is 0. The Bertz CT molecular complexity index is 1220. The zero-order chi connectivity index (χ0) is 33.4. The Labute approximate surface area is 277 Å². The summed E-state index contributed by atoms with van der Waals surface area (Å²) in [6, 6.07) is 0. The van der Waals surface area contributed by atoms with Crippen LogP contribution in [0.2, 0.25) is 0 Å². The fourth-order valence-corrected chi connectivity index (χ4v) is 13.7. The third-order valence-corrected chi connectivity index (χ3v) is 16.0. The van der Waals surface area contributed by atoms with Gasteiger partial charge in [-0.05, 0) is 111 Å². The second kappa shape index (κ2) is 10.6. The molecule has 5 saturated carbocycles. The first kappa shape index (κ1) is 33.7. The molecule has 3 N–H and O–H groups in total. The van der Waals surface area contributed by atoms with E-state index in [1.807, 2.05) is 18.7 Å². The van der Waals surface area contributed by atoms with Gasteiger partial charge in [0.1, 0.15) is 6.10 Å². The van der Waals surface area contributed by atoms with Crippen LogP contribution in [0.25, 0.3) is 0 Å². The number of hydrogen-bond donors (Lipinski definition) is 3. The first-order chi connectivity index (χ1) is 21.3. The average molecular weight is 646 g/mol. The summed E-state index contributed by atoms with van der Waals surface area (Å²) in [6.07, 6.45) is 6.06. The molecule has 0 aromatic carbocycles. The highest BCUT2D eigenvalue weighted by molar-refractivity contribution is 5.78. The first-order valence-electron chi connectivity index (χ1n) is 18.6. The lowest BCUT2D eigenvalue weighted by molar-refractivity contribution is -0.248. The molecule has 0 aromatic rings. The van der Waals surface area contributed by atoms with Crippen LogP contribution < -0.4 is 0 Å². The zero-order valence-electron chi connectivity index (χ0n) is 30.1. The van der Waals surface area contributed by atoms with Crippen LogP contribution in [-0.2, 0) is 19.0 Å². The number of aliphatic hydroxyl groups is 3. The van der Waals surface area contributed by atoms with Crippen molar-refractivity contribution < 1.29 is 34.3 Å². The van der Waals surface area contributed by atoms with E-state index >= 15 is 0 Å². The molecule has 8 nitrogen and oxygen atoms in total. The largest absolute Gasteiger partial charge is 0.390 e. The maximum atomic E-state index is 12.7. The Hall–Kier alpha value is -0.770. The molecule has 1 amide bonds. The Morgan fingerprint density at radius 3 is 2.37 bits per heavy atom. The number of hydrogen-bond acceptors (Lipinski definition) is 7. The van der Waals surface area contributed by atoms with Gasteiger partial charge in [0.05, 0.1) is 43.2 Å². The Morgan fingerprint density at radius 2 is 1.70 bits per heavy atom. The number of nitrogens with zero attached hydrogens (tertiary/aromatic N) is 1. The molecule has 8 heteroatoms. The highest BCUT2D eigenvalue weighted by atomic mass is 16.7. The third kappa shape index (κ3) is 4.34. The van der Waals surface area contributed by atoms with Crippen molar-refractivity contribution in [3.8, 4) is 0 Å². The van der Waals surface area contributed by atoms with Crippen LogP contribution in [0.4, 0.5) is 0 Å². The van der Waals surface area contributed by atoms with E-state index in [-0.39, 0.29) is 63.3 Å². The molecule has 0 bridgehead atoms. The number of amides is 1. The number of ether oxygens (including phenoxy) is 3. The number of rotatable bonds is 5. The molecule has 0 radical (unpaired) electrons. The summed E-state index contributed by atoms with van der Waals surface area (Å²) in [5, 5.41) is 34.1. The van der Waals surface area contributed by atoms with Crippen molar-refractivity contribution in [2.45, 2.75) is 156 Å². The van der Waals surface area contributed by atoms with Gasteiger partial charge in [0.25, 0.3) is 0 Å². The molecule has 2 saturated heterocycles. The van der Waals surface area contributed by atoms with Gasteiger partial charge in [-0.1, -0.05) is 48.5 Å². The molecule has 262 valence electrons. The van der Waals surface area contributed by atoms with Gasteiger partial charge in [0.15, 0.2) is 6.29 Å². The van der Waals surface area contributed by atoms with E-state index in [1.54, 1.807) is 13.8 Å². The van der Waals surface area contributed by atoms with Crippen LogP contribution in [0, 0.1) is 56.7 Å². The van der Waals surface area contributed by atoms with E-state index < -0.39 is 23.9 Å². The summed E-state index contributed by atoms with van der Waals surface area (Å²) in [6.45, 7) is 20.9. The maximum Gasteiger partial charge on any atom is 0.225 e. The number of carbonyl (C=O) groups is 1. The van der Waals surface area contributed by atoms with E-state index in [0.29, 0.717) is 43.9 Å². The van der Waals surface area contributed by atoms with E-state index in [4.69, 9.17) is 14.2 Å². The van der Waals surface area contributed by atoms with Crippen molar-refractivity contribution in [1.82, 2.24) is 4.90 Å². The second-order valence-corrected chi connectivity index (χ2v) is 19.0. The molecule has 14 atom stereocenters. The predicted molar refractivity (Wildman–Crippen MR) is 174 cm³/mol. The molecule has 0 unspecified atom stereocenters. The van der Waals surface area contributed by atoms with Crippen molar-refractivity contribution in [3.63, 3.8) is 0 Å². The summed E-state index contributed by atoms with van der Waals surface area (Å²) in [5.74, 6) is 1.68. The summed E-state index contributed by atoms with van der Waals surface area (Å²) < 4.78 is 19.6. The summed E-state index contributed by atoms with van der Waals surface area (Å²) in [5.41, 5.74) is -1.04. The van der Waals surface area contributed by atoms with Gasteiger partial charge in [-0.3, -0.25) is 4.79 Å². The smallest absolute Gasteiger partial charge is 0.225 e. The van der Waals surface area contributed by atoms with Gasteiger partial charge in [0.2, 0.25) is 5.91 Å². The van der Waals surface area contributed by atoms with Crippen molar-refractivity contribution in [2.24, 2.45) is 56.7 Å². The number of morpholine rings is 1. The van der Waals surface area contributed by atoms with Gasteiger partial charge >= 0.3 is 0 Å². The molecule has 0 aromatic heterocycles. The fraction of sp³-hybridized carbons (Fsp3) is 0.974. The Morgan fingerprint density at radius 1 is 1.02 bits per heavy atom. The molecular weight excluding hydrogens is 582 g/mol. The predicted octanol–water partition coefficient (Wildman–Crippen LogP) is 5.16. The lowest BCUT2D eigenvalue weighted by Crippen LogP contribution is -2.60. The SMILES string of the molecule is CC(C)C(=O)N1CCO[C@@H](O[C@H]2CC[C@]34C[C@]35CC[C@]3(C)[C@@H]6[C@H](O[C@@H]([C@H](O)C(C)(C)O)C[C@H]6C)[C@H](O)[C@@]3(C)[C@@H]5CC[C@H]4C2(C)C)C1. The van der Waals surface area contributed by atoms with Crippen LogP contribution in [0.5, 0.6) is 0 Å². The van der Waals surface area contributed by atoms with Crippen LogP contribution in [0.15, 0.2) is 0 Å². The Kier molecular flexibility index (Phi) is 7.78. The van der Waals surface area contributed by atoms with E-state index in [2.05, 4.69) is 34.6 Å². The minimum Gasteiger partial charge on any atom is -0.390 e.